The highest BCUT2D eigenvalue weighted by Gasteiger charge is 2.18. The predicted molar refractivity (Wildman–Crippen MR) is 77.3 cm³/mol. The molecular formula is C14H20N2O2S. The zero-order chi connectivity index (χ0) is 13.7. The van der Waals surface area contributed by atoms with Gasteiger partial charge in [0.25, 0.3) is 0 Å². The third kappa shape index (κ3) is 3.86. The largest absolute Gasteiger partial charge is 0.462 e. The summed E-state index contributed by atoms with van der Waals surface area (Å²) < 4.78 is 5.00. The van der Waals surface area contributed by atoms with Crippen molar-refractivity contribution in [1.29, 1.82) is 0 Å². The molecule has 1 heterocycles. The highest BCUT2D eigenvalue weighted by Crippen LogP contribution is 2.33. The van der Waals surface area contributed by atoms with Crippen LogP contribution in [0, 0.1) is 0 Å². The first kappa shape index (κ1) is 14.2. The SMILES string of the molecule is CCOC(=O)c1cc(SC2CCCCC2)ncc1N. The van der Waals surface area contributed by atoms with Gasteiger partial charge in [0.1, 0.15) is 0 Å². The Morgan fingerprint density at radius 3 is 2.89 bits per heavy atom. The second-order valence-electron chi connectivity index (χ2n) is 4.71. The second kappa shape index (κ2) is 6.80. The summed E-state index contributed by atoms with van der Waals surface area (Å²) in [5, 5.41) is 1.48. The maximum absolute atomic E-state index is 11.8. The fraction of sp³-hybridized carbons (Fsp3) is 0.571. The Morgan fingerprint density at radius 2 is 2.21 bits per heavy atom. The molecule has 0 spiro atoms. The molecule has 5 heteroatoms. The lowest BCUT2D eigenvalue weighted by Crippen LogP contribution is -2.11. The predicted octanol–water partition coefficient (Wildman–Crippen LogP) is 3.27. The molecule has 19 heavy (non-hydrogen) atoms. The number of nitrogens with two attached hydrogens (primary N) is 1. The first-order valence-electron chi connectivity index (χ1n) is 6.80. The Morgan fingerprint density at radius 1 is 1.47 bits per heavy atom. The molecule has 0 saturated heterocycles. The van der Waals surface area contributed by atoms with E-state index >= 15 is 0 Å². The van der Waals surface area contributed by atoms with E-state index in [4.69, 9.17) is 10.5 Å². The van der Waals surface area contributed by atoms with Gasteiger partial charge in [-0.15, -0.1) is 11.8 Å². The number of hydrogen-bond donors (Lipinski definition) is 1. The maximum atomic E-state index is 11.8. The number of hydrogen-bond acceptors (Lipinski definition) is 5. The van der Waals surface area contributed by atoms with Crippen molar-refractivity contribution >= 4 is 23.4 Å². The Bertz CT molecular complexity index is 445. The van der Waals surface area contributed by atoms with E-state index in [1.165, 1.54) is 32.1 Å². The van der Waals surface area contributed by atoms with Crippen molar-refractivity contribution in [2.24, 2.45) is 0 Å². The number of nitrogen functional groups attached to an aromatic ring is 1. The topological polar surface area (TPSA) is 65.2 Å². The Balaban J connectivity index is 2.08. The lowest BCUT2D eigenvalue weighted by Gasteiger charge is -2.20. The van der Waals surface area contributed by atoms with Crippen LogP contribution in [0.15, 0.2) is 17.3 Å². The van der Waals surface area contributed by atoms with Gasteiger partial charge in [0.15, 0.2) is 0 Å². The molecule has 0 aliphatic heterocycles. The molecule has 2 N–H and O–H groups in total. The van der Waals surface area contributed by atoms with E-state index in [0.29, 0.717) is 23.1 Å². The van der Waals surface area contributed by atoms with Gasteiger partial charge in [0, 0.05) is 5.25 Å². The molecule has 0 unspecified atom stereocenters. The molecule has 1 aromatic rings. The average molecular weight is 280 g/mol. The number of aromatic nitrogens is 1. The first-order valence-corrected chi connectivity index (χ1v) is 7.68. The van der Waals surface area contributed by atoms with Crippen LogP contribution in [-0.4, -0.2) is 22.8 Å². The molecule has 4 nitrogen and oxygen atoms in total. The summed E-state index contributed by atoms with van der Waals surface area (Å²) in [6, 6.07) is 1.76. The van der Waals surface area contributed by atoms with E-state index in [9.17, 15) is 4.79 Å². The van der Waals surface area contributed by atoms with Crippen LogP contribution in [0.3, 0.4) is 0 Å². The van der Waals surface area contributed by atoms with E-state index in [2.05, 4.69) is 4.98 Å². The second-order valence-corrected chi connectivity index (χ2v) is 6.03. The van der Waals surface area contributed by atoms with Crippen molar-refractivity contribution in [3.05, 3.63) is 17.8 Å². The van der Waals surface area contributed by atoms with Crippen molar-refractivity contribution in [2.45, 2.75) is 49.3 Å². The summed E-state index contributed by atoms with van der Waals surface area (Å²) in [4.78, 5) is 16.1. The van der Waals surface area contributed by atoms with E-state index in [0.717, 1.165) is 5.03 Å². The summed E-state index contributed by atoms with van der Waals surface area (Å²) in [5.74, 6) is -0.368. The summed E-state index contributed by atoms with van der Waals surface area (Å²) in [6.07, 6.45) is 7.92. The Kier molecular flexibility index (Phi) is 5.07. The van der Waals surface area contributed by atoms with Gasteiger partial charge < -0.3 is 10.5 Å². The molecule has 0 amide bonds. The van der Waals surface area contributed by atoms with E-state index in [1.54, 1.807) is 30.9 Å². The van der Waals surface area contributed by atoms with E-state index in [-0.39, 0.29) is 5.97 Å². The van der Waals surface area contributed by atoms with Crippen LogP contribution in [0.5, 0.6) is 0 Å². The molecule has 2 rings (SSSR count). The molecule has 1 saturated carbocycles. The van der Waals surface area contributed by atoms with Crippen molar-refractivity contribution in [3.63, 3.8) is 0 Å². The molecular weight excluding hydrogens is 260 g/mol. The monoisotopic (exact) mass is 280 g/mol. The van der Waals surface area contributed by atoms with E-state index in [1.807, 2.05) is 0 Å². The lowest BCUT2D eigenvalue weighted by molar-refractivity contribution is 0.0527. The molecule has 1 fully saturated rings. The molecule has 0 atom stereocenters. The average Bonchev–Trinajstić information content (AvgIpc) is 2.42. The highest BCUT2D eigenvalue weighted by atomic mass is 32.2. The molecule has 1 aliphatic rings. The molecule has 0 aromatic carbocycles. The van der Waals surface area contributed by atoms with Crippen molar-refractivity contribution in [2.75, 3.05) is 12.3 Å². The molecule has 0 radical (unpaired) electrons. The van der Waals surface area contributed by atoms with Gasteiger partial charge in [0.05, 0.1) is 29.1 Å². The fourth-order valence-corrected chi connectivity index (χ4v) is 3.46. The van der Waals surface area contributed by atoms with Gasteiger partial charge in [-0.1, -0.05) is 19.3 Å². The first-order chi connectivity index (χ1) is 9.20. The number of carbonyl (C=O) groups excluding carboxylic acids is 1. The van der Waals surface area contributed by atoms with Crippen LogP contribution in [0.1, 0.15) is 49.4 Å². The van der Waals surface area contributed by atoms with Crippen molar-refractivity contribution in [1.82, 2.24) is 4.98 Å². The number of rotatable bonds is 4. The van der Waals surface area contributed by atoms with Crippen LogP contribution in [-0.2, 0) is 4.74 Å². The summed E-state index contributed by atoms with van der Waals surface area (Å²) in [5.41, 5.74) is 6.59. The van der Waals surface area contributed by atoms with Crippen LogP contribution in [0.2, 0.25) is 0 Å². The van der Waals surface area contributed by atoms with Gasteiger partial charge in [-0.2, -0.15) is 0 Å². The zero-order valence-electron chi connectivity index (χ0n) is 11.2. The summed E-state index contributed by atoms with van der Waals surface area (Å²) in [6.45, 7) is 2.14. The number of thioether (sulfide) groups is 1. The molecule has 104 valence electrons. The number of ether oxygens (including phenoxy) is 1. The van der Waals surface area contributed by atoms with Gasteiger partial charge in [0.2, 0.25) is 0 Å². The van der Waals surface area contributed by atoms with Crippen LogP contribution in [0.4, 0.5) is 5.69 Å². The number of pyridine rings is 1. The minimum Gasteiger partial charge on any atom is -0.462 e. The van der Waals surface area contributed by atoms with Gasteiger partial charge >= 0.3 is 5.97 Å². The van der Waals surface area contributed by atoms with Gasteiger partial charge in [-0.3, -0.25) is 0 Å². The van der Waals surface area contributed by atoms with Crippen LogP contribution in [0.25, 0.3) is 0 Å². The minimum absolute atomic E-state index is 0.353. The van der Waals surface area contributed by atoms with Crippen LogP contribution >= 0.6 is 11.8 Å². The fourth-order valence-electron chi connectivity index (χ4n) is 2.25. The summed E-state index contributed by atoms with van der Waals surface area (Å²) in [7, 11) is 0. The Labute approximate surface area is 118 Å². The van der Waals surface area contributed by atoms with Gasteiger partial charge in [-0.25, -0.2) is 9.78 Å². The third-order valence-corrected chi connectivity index (χ3v) is 4.51. The number of carbonyl (C=O) groups is 1. The zero-order valence-corrected chi connectivity index (χ0v) is 12.0. The number of nitrogens with zero attached hydrogens (tertiary/aromatic N) is 1. The summed E-state index contributed by atoms with van der Waals surface area (Å²) >= 11 is 1.75. The normalized spacial score (nSPS) is 16.3. The standard InChI is InChI=1S/C14H20N2O2S/c1-2-18-14(17)11-8-13(16-9-12(11)15)19-10-6-4-3-5-7-10/h8-10H,2-7,15H2,1H3. The molecule has 1 aliphatic carbocycles. The minimum atomic E-state index is -0.368. The third-order valence-electron chi connectivity index (χ3n) is 3.24. The quantitative estimate of drug-likeness (QED) is 0.857. The highest BCUT2D eigenvalue weighted by molar-refractivity contribution is 7.99. The van der Waals surface area contributed by atoms with Crippen molar-refractivity contribution in [3.8, 4) is 0 Å². The number of esters is 1. The van der Waals surface area contributed by atoms with Crippen LogP contribution < -0.4 is 5.73 Å². The van der Waals surface area contributed by atoms with Crippen molar-refractivity contribution < 1.29 is 9.53 Å². The van der Waals surface area contributed by atoms with E-state index < -0.39 is 0 Å². The Hall–Kier alpha value is -1.23. The molecule has 0 bridgehead atoms. The molecule has 1 aromatic heterocycles. The lowest BCUT2D eigenvalue weighted by atomic mass is 10.0. The number of anilines is 1. The maximum Gasteiger partial charge on any atom is 0.340 e. The smallest absolute Gasteiger partial charge is 0.340 e. The van der Waals surface area contributed by atoms with Gasteiger partial charge in [-0.05, 0) is 25.8 Å².